The van der Waals surface area contributed by atoms with Crippen molar-refractivity contribution in [2.24, 2.45) is 0 Å². The molecule has 0 radical (unpaired) electrons. The minimum atomic E-state index is -0.177. The molecule has 8 heteroatoms. The van der Waals surface area contributed by atoms with Gasteiger partial charge in [-0.2, -0.15) is 0 Å². The van der Waals surface area contributed by atoms with Crippen molar-refractivity contribution in [3.63, 3.8) is 0 Å². The summed E-state index contributed by atoms with van der Waals surface area (Å²) in [5, 5.41) is 2.46. The average molecular weight is 509 g/mol. The van der Waals surface area contributed by atoms with Crippen LogP contribution in [0, 0.1) is 27.7 Å². The van der Waals surface area contributed by atoms with Crippen LogP contribution in [0.2, 0.25) is 5.02 Å². The average Bonchev–Trinajstić information content (AvgIpc) is 3.26. The molecule has 0 spiro atoms. The predicted molar refractivity (Wildman–Crippen MR) is 142 cm³/mol. The third kappa shape index (κ3) is 5.46. The Kier molecular flexibility index (Phi) is 7.67. The first kappa shape index (κ1) is 25.1. The lowest BCUT2D eigenvalue weighted by Crippen LogP contribution is -2.24. The Morgan fingerprint density at radius 2 is 1.89 bits per heavy atom. The number of aromatic nitrogens is 4. The van der Waals surface area contributed by atoms with Gasteiger partial charge < -0.3 is 4.74 Å². The van der Waals surface area contributed by atoms with E-state index >= 15 is 0 Å². The van der Waals surface area contributed by atoms with Crippen LogP contribution in [0.5, 0.6) is 5.75 Å². The molecule has 0 saturated heterocycles. The zero-order chi connectivity index (χ0) is 25.1. The summed E-state index contributed by atoms with van der Waals surface area (Å²) < 4.78 is 7.61. The quantitative estimate of drug-likeness (QED) is 0.269. The lowest BCUT2D eigenvalue weighted by molar-refractivity contribution is 0.303. The number of unbranched alkanes of at least 4 members (excludes halogenated alkanes) is 1. The zero-order valence-electron chi connectivity index (χ0n) is 20.7. The number of halogens is 1. The number of hydrogen-bond acceptors (Lipinski definition) is 6. The van der Waals surface area contributed by atoms with E-state index in [1.54, 1.807) is 29.0 Å². The van der Waals surface area contributed by atoms with E-state index < -0.39 is 0 Å². The maximum Gasteiger partial charge on any atom is 0.261 e. The van der Waals surface area contributed by atoms with E-state index in [4.69, 9.17) is 21.3 Å². The highest BCUT2D eigenvalue weighted by Crippen LogP contribution is 2.28. The summed E-state index contributed by atoms with van der Waals surface area (Å²) in [4.78, 5) is 28.4. The molecule has 4 rings (SSSR count). The molecule has 0 atom stereocenters. The molecule has 35 heavy (non-hydrogen) atoms. The second kappa shape index (κ2) is 10.7. The predicted octanol–water partition coefficient (Wildman–Crippen LogP) is 6.56. The van der Waals surface area contributed by atoms with Crippen LogP contribution in [0.4, 0.5) is 0 Å². The van der Waals surface area contributed by atoms with Crippen LogP contribution in [-0.4, -0.2) is 19.5 Å². The minimum Gasteiger partial charge on any atom is -0.488 e. The maximum atomic E-state index is 13.4. The van der Waals surface area contributed by atoms with Crippen molar-refractivity contribution >= 4 is 22.9 Å². The highest BCUT2D eigenvalue weighted by atomic mass is 35.5. The summed E-state index contributed by atoms with van der Waals surface area (Å²) in [6.07, 6.45) is 6.31. The Balaban J connectivity index is 1.72. The Labute approximate surface area is 214 Å². The van der Waals surface area contributed by atoms with Crippen molar-refractivity contribution in [1.29, 1.82) is 0 Å². The summed E-state index contributed by atoms with van der Waals surface area (Å²) in [5.41, 5.74) is 5.04. The van der Waals surface area contributed by atoms with Crippen molar-refractivity contribution in [2.45, 2.75) is 60.5 Å². The fraction of sp³-hybridized carbons (Fsp3) is 0.333. The molecule has 4 heterocycles. The molecular weight excluding hydrogens is 480 g/mol. The van der Waals surface area contributed by atoms with Gasteiger partial charge in [0.05, 0.1) is 27.7 Å². The van der Waals surface area contributed by atoms with Gasteiger partial charge in [0.1, 0.15) is 18.2 Å². The summed E-state index contributed by atoms with van der Waals surface area (Å²) in [6, 6.07) is 5.80. The van der Waals surface area contributed by atoms with Gasteiger partial charge in [0.2, 0.25) is 0 Å². The van der Waals surface area contributed by atoms with Crippen LogP contribution in [0.25, 0.3) is 17.1 Å². The van der Waals surface area contributed by atoms with Crippen molar-refractivity contribution in [3.8, 4) is 22.8 Å². The van der Waals surface area contributed by atoms with Crippen molar-refractivity contribution in [1.82, 2.24) is 19.5 Å². The van der Waals surface area contributed by atoms with E-state index in [1.165, 1.54) is 4.88 Å². The van der Waals surface area contributed by atoms with E-state index in [0.29, 0.717) is 34.3 Å². The first-order chi connectivity index (χ1) is 16.8. The van der Waals surface area contributed by atoms with Crippen LogP contribution in [-0.2, 0) is 13.0 Å². The fourth-order valence-corrected chi connectivity index (χ4v) is 4.78. The third-order valence-electron chi connectivity index (χ3n) is 5.86. The lowest BCUT2D eigenvalue weighted by atomic mass is 10.1. The first-order valence-electron chi connectivity index (χ1n) is 11.7. The van der Waals surface area contributed by atoms with Gasteiger partial charge in [-0.15, -0.1) is 11.3 Å². The molecule has 0 N–H and O–H groups in total. The topological polar surface area (TPSA) is 69.9 Å². The Morgan fingerprint density at radius 1 is 1.09 bits per heavy atom. The van der Waals surface area contributed by atoms with Gasteiger partial charge in [-0.3, -0.25) is 14.3 Å². The Hall–Kier alpha value is -3.03. The smallest absolute Gasteiger partial charge is 0.261 e. The molecule has 0 bridgehead atoms. The number of hydrogen-bond donors (Lipinski definition) is 0. The van der Waals surface area contributed by atoms with E-state index in [2.05, 4.69) is 35.3 Å². The molecule has 0 aromatic carbocycles. The Bertz CT molecular complexity index is 1430. The van der Waals surface area contributed by atoms with E-state index in [0.717, 1.165) is 47.6 Å². The molecule has 0 aliphatic heterocycles. The van der Waals surface area contributed by atoms with E-state index in [-0.39, 0.29) is 5.56 Å². The molecular formula is C27H29ClN4O2S. The van der Waals surface area contributed by atoms with E-state index in [1.807, 2.05) is 32.2 Å². The molecule has 6 nitrogen and oxygen atoms in total. The number of nitrogens with zero attached hydrogens (tertiary/aromatic N) is 4. The van der Waals surface area contributed by atoms with Gasteiger partial charge in [-0.1, -0.05) is 24.9 Å². The highest BCUT2D eigenvalue weighted by molar-refractivity contribution is 7.10. The standard InChI is InChI=1S/C27H29ClN4O2S/c1-6-7-8-25-30-12-16(2)26(31-25)22-11-23(21(28)13-29-22)32-17(3)9-24(19(5)27(32)33)34-14-20-10-18(4)35-15-20/h9-13,15H,6-8,14H2,1-5H3. The third-order valence-corrected chi connectivity index (χ3v) is 7.06. The summed E-state index contributed by atoms with van der Waals surface area (Å²) in [6.45, 7) is 10.2. The van der Waals surface area contributed by atoms with Gasteiger partial charge in [0.15, 0.2) is 0 Å². The fourth-order valence-electron chi connectivity index (χ4n) is 3.90. The molecule has 0 aliphatic carbocycles. The molecule has 0 fully saturated rings. The number of ether oxygens (including phenoxy) is 1. The molecule has 0 saturated carbocycles. The molecule has 0 unspecified atom stereocenters. The van der Waals surface area contributed by atoms with Gasteiger partial charge in [0.25, 0.3) is 5.56 Å². The van der Waals surface area contributed by atoms with Crippen molar-refractivity contribution < 1.29 is 4.74 Å². The number of thiophene rings is 1. The van der Waals surface area contributed by atoms with E-state index in [9.17, 15) is 4.79 Å². The van der Waals surface area contributed by atoms with Crippen molar-refractivity contribution in [2.75, 3.05) is 0 Å². The molecule has 4 aromatic rings. The van der Waals surface area contributed by atoms with Crippen LogP contribution < -0.4 is 10.3 Å². The number of rotatable bonds is 8. The summed E-state index contributed by atoms with van der Waals surface area (Å²) >= 11 is 8.23. The normalized spacial score (nSPS) is 11.1. The molecule has 0 amide bonds. The monoisotopic (exact) mass is 508 g/mol. The van der Waals surface area contributed by atoms with Gasteiger partial charge in [-0.25, -0.2) is 9.97 Å². The Morgan fingerprint density at radius 3 is 2.60 bits per heavy atom. The molecule has 0 aliphatic rings. The van der Waals surface area contributed by atoms with Gasteiger partial charge >= 0.3 is 0 Å². The second-order valence-electron chi connectivity index (χ2n) is 8.71. The van der Waals surface area contributed by atoms with Gasteiger partial charge in [-0.05, 0) is 57.2 Å². The highest BCUT2D eigenvalue weighted by Gasteiger charge is 2.17. The van der Waals surface area contributed by atoms with Crippen LogP contribution in [0.1, 0.15) is 52.9 Å². The largest absolute Gasteiger partial charge is 0.488 e. The first-order valence-corrected chi connectivity index (χ1v) is 12.9. The molecule has 182 valence electrons. The maximum absolute atomic E-state index is 13.4. The van der Waals surface area contributed by atoms with Crippen LogP contribution in [0.3, 0.4) is 0 Å². The lowest BCUT2D eigenvalue weighted by Gasteiger charge is -2.17. The number of aryl methyl sites for hydroxylation is 4. The molecule has 4 aromatic heterocycles. The van der Waals surface area contributed by atoms with Crippen LogP contribution in [0.15, 0.2) is 40.8 Å². The van der Waals surface area contributed by atoms with Crippen LogP contribution >= 0.6 is 22.9 Å². The minimum absolute atomic E-state index is 0.177. The van der Waals surface area contributed by atoms with Gasteiger partial charge in [0, 0.05) is 41.0 Å². The van der Waals surface area contributed by atoms with Crippen molar-refractivity contribution in [3.05, 3.63) is 84.4 Å². The second-order valence-corrected chi connectivity index (χ2v) is 10.2. The summed E-state index contributed by atoms with van der Waals surface area (Å²) in [7, 11) is 0. The summed E-state index contributed by atoms with van der Waals surface area (Å²) in [5.74, 6) is 1.36. The SMILES string of the molecule is CCCCc1ncc(C)c(-c2cc(-n3c(C)cc(OCc4csc(C)c4)c(C)c3=O)c(Cl)cn2)n1. The zero-order valence-corrected chi connectivity index (χ0v) is 22.3. The number of pyridine rings is 2.